The molecule has 0 saturated heterocycles. The Morgan fingerprint density at radius 2 is 1.86 bits per heavy atom. The van der Waals surface area contributed by atoms with Gasteiger partial charge in [0, 0.05) is 16.7 Å². The molecule has 0 aliphatic heterocycles. The Bertz CT molecular complexity index is 599. The highest BCUT2D eigenvalue weighted by molar-refractivity contribution is 9.10. The summed E-state index contributed by atoms with van der Waals surface area (Å²) in [7, 11) is 1.63. The minimum atomic E-state index is -0.0541. The summed E-state index contributed by atoms with van der Waals surface area (Å²) in [4.78, 5) is 11.8. The topological polar surface area (TPSA) is 50.4 Å². The number of hydrogen-bond acceptors (Lipinski definition) is 3. The van der Waals surface area contributed by atoms with Gasteiger partial charge in [-0.15, -0.1) is 0 Å². The van der Waals surface area contributed by atoms with Crippen LogP contribution in [0.2, 0.25) is 0 Å². The van der Waals surface area contributed by atoms with E-state index in [1.54, 1.807) is 7.11 Å². The van der Waals surface area contributed by atoms with Gasteiger partial charge in [0.05, 0.1) is 13.7 Å². The number of nitrogens with one attached hydrogen (secondary N) is 2. The predicted molar refractivity (Wildman–Crippen MR) is 87.5 cm³/mol. The quantitative estimate of drug-likeness (QED) is 0.842. The summed E-state index contributed by atoms with van der Waals surface area (Å²) in [6.45, 7) is 0.735. The average Bonchev–Trinajstić information content (AvgIpc) is 2.52. The first-order valence-corrected chi connectivity index (χ1v) is 7.36. The van der Waals surface area contributed by atoms with E-state index in [1.807, 2.05) is 48.5 Å². The lowest BCUT2D eigenvalue weighted by Crippen LogP contribution is -2.29. The summed E-state index contributed by atoms with van der Waals surface area (Å²) < 4.78 is 6.03. The van der Waals surface area contributed by atoms with E-state index in [9.17, 15) is 4.79 Å². The molecule has 2 aromatic rings. The number of rotatable bonds is 6. The van der Waals surface area contributed by atoms with Gasteiger partial charge in [-0.25, -0.2) is 0 Å². The zero-order valence-corrected chi connectivity index (χ0v) is 13.3. The summed E-state index contributed by atoms with van der Waals surface area (Å²) in [5, 5.41) is 5.96. The molecule has 2 N–H and O–H groups in total. The summed E-state index contributed by atoms with van der Waals surface area (Å²) >= 11 is 3.43. The van der Waals surface area contributed by atoms with E-state index >= 15 is 0 Å². The highest BCUT2D eigenvalue weighted by Gasteiger charge is 2.03. The second-order valence-electron chi connectivity index (χ2n) is 4.46. The molecule has 0 aromatic heterocycles. The summed E-state index contributed by atoms with van der Waals surface area (Å²) in [5.41, 5.74) is 1.93. The lowest BCUT2D eigenvalue weighted by molar-refractivity contribution is -0.119. The third-order valence-electron chi connectivity index (χ3n) is 2.96. The van der Waals surface area contributed by atoms with E-state index < -0.39 is 0 Å². The van der Waals surface area contributed by atoms with Crippen molar-refractivity contribution in [3.05, 3.63) is 58.6 Å². The zero-order chi connectivity index (χ0) is 15.1. The first kappa shape index (κ1) is 15.4. The third-order valence-corrected chi connectivity index (χ3v) is 3.65. The Balaban J connectivity index is 1.78. The molecular formula is C16H17BrN2O2. The number of carbonyl (C=O) groups excluding carboxylic acids is 1. The van der Waals surface area contributed by atoms with Gasteiger partial charge >= 0.3 is 0 Å². The summed E-state index contributed by atoms with van der Waals surface area (Å²) in [6.07, 6.45) is 0. The van der Waals surface area contributed by atoms with Crippen LogP contribution < -0.4 is 15.4 Å². The molecule has 0 aliphatic rings. The normalized spacial score (nSPS) is 10.0. The molecule has 2 rings (SSSR count). The molecule has 110 valence electrons. The number of para-hydroxylation sites is 1. The summed E-state index contributed by atoms with van der Waals surface area (Å²) in [6, 6.07) is 15.3. The van der Waals surface area contributed by atoms with Crippen molar-refractivity contribution in [1.29, 1.82) is 0 Å². The van der Waals surface area contributed by atoms with Crippen molar-refractivity contribution in [3.8, 4) is 5.75 Å². The molecule has 21 heavy (non-hydrogen) atoms. The van der Waals surface area contributed by atoms with Crippen LogP contribution in [0.1, 0.15) is 5.56 Å². The smallest absolute Gasteiger partial charge is 0.239 e. The standard InChI is InChI=1S/C16H17BrN2O2/c1-21-13-8-6-12(7-9-13)10-19-16(20)11-18-15-5-3-2-4-14(15)17/h2-9,18H,10-11H2,1H3,(H,19,20). The van der Waals surface area contributed by atoms with Gasteiger partial charge in [-0.3, -0.25) is 4.79 Å². The van der Waals surface area contributed by atoms with Crippen LogP contribution in [0.25, 0.3) is 0 Å². The Morgan fingerprint density at radius 3 is 2.52 bits per heavy atom. The molecule has 0 saturated carbocycles. The van der Waals surface area contributed by atoms with Crippen molar-refractivity contribution in [2.45, 2.75) is 6.54 Å². The van der Waals surface area contributed by atoms with Gasteiger partial charge in [-0.1, -0.05) is 24.3 Å². The molecule has 0 radical (unpaired) electrons. The van der Waals surface area contributed by atoms with Gasteiger partial charge in [-0.2, -0.15) is 0 Å². The largest absolute Gasteiger partial charge is 0.497 e. The maximum Gasteiger partial charge on any atom is 0.239 e. The maximum absolute atomic E-state index is 11.8. The SMILES string of the molecule is COc1ccc(CNC(=O)CNc2ccccc2Br)cc1. The maximum atomic E-state index is 11.8. The van der Waals surface area contributed by atoms with Crippen molar-refractivity contribution in [2.24, 2.45) is 0 Å². The number of ether oxygens (including phenoxy) is 1. The number of anilines is 1. The molecule has 4 nitrogen and oxygen atoms in total. The van der Waals surface area contributed by atoms with E-state index in [2.05, 4.69) is 26.6 Å². The molecule has 0 fully saturated rings. The Hall–Kier alpha value is -2.01. The molecule has 0 aliphatic carbocycles. The fourth-order valence-electron chi connectivity index (χ4n) is 1.79. The molecule has 0 bridgehead atoms. The monoisotopic (exact) mass is 348 g/mol. The van der Waals surface area contributed by atoms with E-state index in [0.717, 1.165) is 21.5 Å². The zero-order valence-electron chi connectivity index (χ0n) is 11.7. The van der Waals surface area contributed by atoms with E-state index in [-0.39, 0.29) is 12.5 Å². The van der Waals surface area contributed by atoms with Gasteiger partial charge in [0.2, 0.25) is 5.91 Å². The fraction of sp³-hybridized carbons (Fsp3) is 0.188. The first-order chi connectivity index (χ1) is 10.2. The van der Waals surface area contributed by atoms with Crippen molar-refractivity contribution < 1.29 is 9.53 Å². The van der Waals surface area contributed by atoms with Gasteiger partial charge in [0.25, 0.3) is 0 Å². The van der Waals surface area contributed by atoms with Crippen LogP contribution >= 0.6 is 15.9 Å². The minimum Gasteiger partial charge on any atom is -0.497 e. The number of halogens is 1. The van der Waals surface area contributed by atoms with E-state index in [1.165, 1.54) is 0 Å². The second kappa shape index (κ2) is 7.69. The average molecular weight is 349 g/mol. The Labute approximate surface area is 132 Å². The van der Waals surface area contributed by atoms with Crippen LogP contribution in [0, 0.1) is 0 Å². The van der Waals surface area contributed by atoms with E-state index in [0.29, 0.717) is 6.54 Å². The number of methoxy groups -OCH3 is 1. The fourth-order valence-corrected chi connectivity index (χ4v) is 2.21. The molecule has 2 aromatic carbocycles. The van der Waals surface area contributed by atoms with Crippen LogP contribution in [-0.2, 0) is 11.3 Å². The molecule has 0 spiro atoms. The molecular weight excluding hydrogens is 332 g/mol. The summed E-state index contributed by atoms with van der Waals surface area (Å²) in [5.74, 6) is 0.752. The van der Waals surface area contributed by atoms with Crippen LogP contribution in [0.4, 0.5) is 5.69 Å². The molecule has 0 heterocycles. The highest BCUT2D eigenvalue weighted by atomic mass is 79.9. The molecule has 1 amide bonds. The van der Waals surface area contributed by atoms with Crippen molar-refractivity contribution in [2.75, 3.05) is 19.0 Å². The predicted octanol–water partition coefficient (Wildman–Crippen LogP) is 3.19. The van der Waals surface area contributed by atoms with Crippen molar-refractivity contribution >= 4 is 27.5 Å². The van der Waals surface area contributed by atoms with Crippen molar-refractivity contribution in [1.82, 2.24) is 5.32 Å². The van der Waals surface area contributed by atoms with E-state index in [4.69, 9.17) is 4.74 Å². The first-order valence-electron chi connectivity index (χ1n) is 6.57. The second-order valence-corrected chi connectivity index (χ2v) is 5.31. The van der Waals surface area contributed by atoms with Crippen LogP contribution in [0.5, 0.6) is 5.75 Å². The number of benzene rings is 2. The van der Waals surface area contributed by atoms with Gasteiger partial charge in [-0.05, 0) is 45.8 Å². The molecule has 5 heteroatoms. The highest BCUT2D eigenvalue weighted by Crippen LogP contribution is 2.20. The van der Waals surface area contributed by atoms with Crippen LogP contribution in [0.15, 0.2) is 53.0 Å². The van der Waals surface area contributed by atoms with Gasteiger partial charge < -0.3 is 15.4 Å². The lowest BCUT2D eigenvalue weighted by Gasteiger charge is -2.09. The molecule has 0 unspecified atom stereocenters. The Kier molecular flexibility index (Phi) is 5.63. The van der Waals surface area contributed by atoms with Crippen LogP contribution in [-0.4, -0.2) is 19.6 Å². The van der Waals surface area contributed by atoms with Crippen molar-refractivity contribution in [3.63, 3.8) is 0 Å². The number of carbonyl (C=O) groups is 1. The number of hydrogen-bond donors (Lipinski definition) is 2. The molecule has 0 atom stereocenters. The minimum absolute atomic E-state index is 0.0541. The Morgan fingerprint density at radius 1 is 1.14 bits per heavy atom. The van der Waals surface area contributed by atoms with Crippen LogP contribution in [0.3, 0.4) is 0 Å². The third kappa shape index (κ3) is 4.79. The number of amides is 1. The lowest BCUT2D eigenvalue weighted by atomic mass is 10.2. The van der Waals surface area contributed by atoms with Gasteiger partial charge in [0.1, 0.15) is 5.75 Å². The van der Waals surface area contributed by atoms with Gasteiger partial charge in [0.15, 0.2) is 0 Å².